The summed E-state index contributed by atoms with van der Waals surface area (Å²) >= 11 is 0. The molecule has 3 aromatic rings. The Bertz CT molecular complexity index is 1040. The van der Waals surface area contributed by atoms with Crippen LogP contribution < -0.4 is 10.1 Å². The number of ether oxygens (including phenoxy) is 1. The molecule has 152 valence electrons. The van der Waals surface area contributed by atoms with Gasteiger partial charge in [0.05, 0.1) is 11.4 Å². The van der Waals surface area contributed by atoms with Crippen molar-refractivity contribution in [1.82, 2.24) is 10.2 Å². The number of rotatable bonds is 6. The minimum Gasteiger partial charge on any atom is -0.486 e. The molecule has 0 aliphatic carbocycles. The number of halogens is 3. The minimum absolute atomic E-state index is 0.00869. The summed E-state index contributed by atoms with van der Waals surface area (Å²) in [6.45, 7) is 2.80. The Morgan fingerprint density at radius 2 is 1.86 bits per heavy atom. The van der Waals surface area contributed by atoms with Crippen LogP contribution in [0.3, 0.4) is 0 Å². The van der Waals surface area contributed by atoms with Gasteiger partial charge in [-0.25, -0.2) is 0 Å². The first kappa shape index (κ1) is 20.2. The standard InChI is InChI=1S/C19H16F3N3O4/c1-10-16(17(25-24-10)19(20,21)22)23-18(27)15-8-7-14(29-15)9-28-13-5-3-12(4-6-13)11(2)26/h3-8H,9H2,1-2H3,(H,23,27)(H,24,25). The predicted octanol–water partition coefficient (Wildman–Crippen LogP) is 4.36. The quantitative estimate of drug-likeness (QED) is 0.592. The number of carbonyl (C=O) groups excluding carboxylic acids is 2. The van der Waals surface area contributed by atoms with Crippen molar-refractivity contribution < 1.29 is 31.9 Å². The molecule has 0 aliphatic heterocycles. The highest BCUT2D eigenvalue weighted by Crippen LogP contribution is 2.34. The Kier molecular flexibility index (Phi) is 5.44. The number of amides is 1. The van der Waals surface area contributed by atoms with E-state index >= 15 is 0 Å². The molecule has 29 heavy (non-hydrogen) atoms. The van der Waals surface area contributed by atoms with E-state index in [1.165, 1.54) is 26.0 Å². The first-order valence-corrected chi connectivity index (χ1v) is 8.41. The van der Waals surface area contributed by atoms with E-state index in [4.69, 9.17) is 9.15 Å². The van der Waals surface area contributed by atoms with Crippen molar-refractivity contribution in [2.45, 2.75) is 26.6 Å². The van der Waals surface area contributed by atoms with Crippen LogP contribution in [0.2, 0.25) is 0 Å². The van der Waals surface area contributed by atoms with Gasteiger partial charge in [0.25, 0.3) is 5.91 Å². The van der Waals surface area contributed by atoms with E-state index in [-0.39, 0.29) is 23.8 Å². The van der Waals surface area contributed by atoms with E-state index in [9.17, 15) is 22.8 Å². The van der Waals surface area contributed by atoms with Crippen LogP contribution in [0.1, 0.15) is 45.0 Å². The van der Waals surface area contributed by atoms with Gasteiger partial charge < -0.3 is 14.5 Å². The molecule has 10 heteroatoms. The third-order valence-electron chi connectivity index (χ3n) is 3.98. The van der Waals surface area contributed by atoms with E-state index in [0.717, 1.165) is 0 Å². The third-order valence-corrected chi connectivity index (χ3v) is 3.98. The Morgan fingerprint density at radius 1 is 1.17 bits per heavy atom. The number of Topliss-reactive ketones (excluding diaryl/α,β-unsaturated/α-hetero) is 1. The first-order valence-electron chi connectivity index (χ1n) is 8.41. The van der Waals surface area contributed by atoms with Crippen molar-refractivity contribution in [3.8, 4) is 5.75 Å². The summed E-state index contributed by atoms with van der Waals surface area (Å²) in [5, 5.41) is 7.55. The summed E-state index contributed by atoms with van der Waals surface area (Å²) in [6.07, 6.45) is -4.71. The Labute approximate surface area is 162 Å². The number of hydrogen-bond donors (Lipinski definition) is 2. The number of hydrogen-bond acceptors (Lipinski definition) is 5. The highest BCUT2D eigenvalue weighted by atomic mass is 19.4. The maximum Gasteiger partial charge on any atom is 0.437 e. The fourth-order valence-electron chi connectivity index (χ4n) is 2.48. The SMILES string of the molecule is CC(=O)c1ccc(OCc2ccc(C(=O)Nc3c(C(F)(F)F)n[nH]c3C)o2)cc1. The van der Waals surface area contributed by atoms with Crippen LogP contribution in [0.5, 0.6) is 5.75 Å². The fourth-order valence-corrected chi connectivity index (χ4v) is 2.48. The molecule has 1 amide bonds. The molecule has 0 radical (unpaired) electrons. The van der Waals surface area contributed by atoms with Crippen LogP contribution in [0.4, 0.5) is 18.9 Å². The van der Waals surface area contributed by atoms with Crippen molar-refractivity contribution in [2.75, 3.05) is 5.32 Å². The Balaban J connectivity index is 1.65. The second-order valence-corrected chi connectivity index (χ2v) is 6.16. The third kappa shape index (κ3) is 4.65. The number of ketones is 1. The number of aromatic amines is 1. The largest absolute Gasteiger partial charge is 0.486 e. The van der Waals surface area contributed by atoms with E-state index in [0.29, 0.717) is 17.1 Å². The molecule has 2 aromatic heterocycles. The Hall–Kier alpha value is -3.56. The normalized spacial score (nSPS) is 11.3. The molecule has 3 rings (SSSR count). The number of furan rings is 1. The van der Waals surface area contributed by atoms with Gasteiger partial charge in [0.2, 0.25) is 0 Å². The molecule has 2 N–H and O–H groups in total. The average Bonchev–Trinajstić information content (AvgIpc) is 3.27. The zero-order valence-electron chi connectivity index (χ0n) is 15.4. The smallest absolute Gasteiger partial charge is 0.437 e. The highest BCUT2D eigenvalue weighted by Gasteiger charge is 2.38. The second-order valence-electron chi connectivity index (χ2n) is 6.16. The lowest BCUT2D eigenvalue weighted by Gasteiger charge is -2.08. The number of aromatic nitrogens is 2. The monoisotopic (exact) mass is 407 g/mol. The van der Waals surface area contributed by atoms with Gasteiger partial charge in [-0.1, -0.05) is 0 Å². The molecule has 0 saturated carbocycles. The highest BCUT2D eigenvalue weighted by molar-refractivity contribution is 6.03. The van der Waals surface area contributed by atoms with Crippen LogP contribution in [0.15, 0.2) is 40.8 Å². The van der Waals surface area contributed by atoms with E-state index in [1.807, 2.05) is 0 Å². The number of carbonyl (C=O) groups is 2. The summed E-state index contributed by atoms with van der Waals surface area (Å²) in [6, 6.07) is 9.27. The molecule has 0 atom stereocenters. The van der Waals surface area contributed by atoms with Gasteiger partial charge in [0.15, 0.2) is 17.2 Å². The molecule has 0 unspecified atom stereocenters. The summed E-state index contributed by atoms with van der Waals surface area (Å²) < 4.78 is 49.7. The van der Waals surface area contributed by atoms with Crippen LogP contribution in [0, 0.1) is 6.92 Å². The predicted molar refractivity (Wildman–Crippen MR) is 95.8 cm³/mol. The van der Waals surface area contributed by atoms with Gasteiger partial charge in [-0.15, -0.1) is 0 Å². The molecular formula is C19H16F3N3O4. The molecule has 1 aromatic carbocycles. The lowest BCUT2D eigenvalue weighted by molar-refractivity contribution is -0.140. The molecule has 7 nitrogen and oxygen atoms in total. The second kappa shape index (κ2) is 7.82. The van der Waals surface area contributed by atoms with Crippen molar-refractivity contribution >= 4 is 17.4 Å². The summed E-state index contributed by atoms with van der Waals surface area (Å²) in [5.74, 6) is -0.312. The van der Waals surface area contributed by atoms with E-state index in [2.05, 4.69) is 15.5 Å². The summed E-state index contributed by atoms with van der Waals surface area (Å²) in [7, 11) is 0. The van der Waals surface area contributed by atoms with Crippen molar-refractivity contribution in [1.29, 1.82) is 0 Å². The fraction of sp³-hybridized carbons (Fsp3) is 0.211. The molecule has 0 bridgehead atoms. The number of aryl methyl sites for hydroxylation is 1. The topological polar surface area (TPSA) is 97.2 Å². The Morgan fingerprint density at radius 3 is 2.48 bits per heavy atom. The number of alkyl halides is 3. The van der Waals surface area contributed by atoms with Crippen LogP contribution in [0.25, 0.3) is 0 Å². The minimum atomic E-state index is -4.71. The average molecular weight is 407 g/mol. The molecule has 2 heterocycles. The van der Waals surface area contributed by atoms with E-state index in [1.54, 1.807) is 24.3 Å². The molecule has 0 fully saturated rings. The van der Waals surface area contributed by atoms with Crippen molar-refractivity contribution in [2.24, 2.45) is 0 Å². The van der Waals surface area contributed by atoms with Gasteiger partial charge in [-0.3, -0.25) is 14.7 Å². The van der Waals surface area contributed by atoms with Crippen molar-refractivity contribution in [3.05, 3.63) is 64.9 Å². The van der Waals surface area contributed by atoms with Crippen LogP contribution >= 0.6 is 0 Å². The number of nitrogens with one attached hydrogen (secondary N) is 2. The number of H-pyrrole nitrogens is 1. The zero-order chi connectivity index (χ0) is 21.2. The molecular weight excluding hydrogens is 391 g/mol. The van der Waals surface area contributed by atoms with Gasteiger partial charge >= 0.3 is 6.18 Å². The molecule has 0 spiro atoms. The molecule has 0 saturated heterocycles. The number of benzene rings is 1. The lowest BCUT2D eigenvalue weighted by atomic mass is 10.1. The molecule has 0 aliphatic rings. The lowest BCUT2D eigenvalue weighted by Crippen LogP contribution is -2.16. The first-order chi connectivity index (χ1) is 13.6. The van der Waals surface area contributed by atoms with E-state index < -0.39 is 23.5 Å². The maximum absolute atomic E-state index is 13.0. The number of nitrogens with zero attached hydrogens (tertiary/aromatic N) is 1. The van der Waals surface area contributed by atoms with Crippen LogP contribution in [-0.4, -0.2) is 21.9 Å². The number of anilines is 1. The van der Waals surface area contributed by atoms with Crippen molar-refractivity contribution in [3.63, 3.8) is 0 Å². The van der Waals surface area contributed by atoms with Gasteiger partial charge in [-0.05, 0) is 50.2 Å². The zero-order valence-corrected chi connectivity index (χ0v) is 15.4. The van der Waals surface area contributed by atoms with Gasteiger partial charge in [-0.2, -0.15) is 18.3 Å². The van der Waals surface area contributed by atoms with Gasteiger partial charge in [0.1, 0.15) is 18.1 Å². The van der Waals surface area contributed by atoms with Gasteiger partial charge in [0, 0.05) is 5.56 Å². The summed E-state index contributed by atoms with van der Waals surface area (Å²) in [4.78, 5) is 23.5. The maximum atomic E-state index is 13.0. The summed E-state index contributed by atoms with van der Waals surface area (Å²) in [5.41, 5.74) is -1.06. The van der Waals surface area contributed by atoms with Crippen LogP contribution in [-0.2, 0) is 12.8 Å².